The molecule has 12 heavy (non-hydrogen) atoms. The van der Waals surface area contributed by atoms with E-state index in [1.165, 1.54) is 0 Å². The van der Waals surface area contributed by atoms with E-state index in [9.17, 15) is 9.59 Å². The van der Waals surface area contributed by atoms with Gasteiger partial charge >= 0.3 is 5.97 Å². The summed E-state index contributed by atoms with van der Waals surface area (Å²) in [6, 6.07) is 0. The number of Topliss-reactive ketones (excluding diaryl/α,β-unsaturated/α-hetero) is 1. The third-order valence-electron chi connectivity index (χ3n) is 2.57. The van der Waals surface area contributed by atoms with Crippen molar-refractivity contribution >= 4 is 11.8 Å². The maximum Gasteiger partial charge on any atom is 0.306 e. The number of hydrogen-bond donors (Lipinski definition) is 1. The van der Waals surface area contributed by atoms with Crippen LogP contribution in [0.25, 0.3) is 0 Å². The molecule has 0 saturated heterocycles. The number of carbonyl (C=O) groups excluding carboxylic acids is 1. The SMILES string of the molecule is CC(C(=O)O)C(C)C(=O)C1CC1. The summed E-state index contributed by atoms with van der Waals surface area (Å²) in [5.41, 5.74) is 0. The van der Waals surface area contributed by atoms with Crippen molar-refractivity contribution in [1.29, 1.82) is 0 Å². The van der Waals surface area contributed by atoms with Gasteiger partial charge in [0.05, 0.1) is 5.92 Å². The van der Waals surface area contributed by atoms with E-state index in [0.717, 1.165) is 12.8 Å². The van der Waals surface area contributed by atoms with Crippen LogP contribution in [-0.2, 0) is 9.59 Å². The average Bonchev–Trinajstić information content (AvgIpc) is 2.82. The van der Waals surface area contributed by atoms with E-state index in [-0.39, 0.29) is 17.6 Å². The Morgan fingerprint density at radius 3 is 2.08 bits per heavy atom. The predicted molar refractivity (Wildman–Crippen MR) is 43.7 cm³/mol. The summed E-state index contributed by atoms with van der Waals surface area (Å²) in [5.74, 6) is -1.45. The first kappa shape index (κ1) is 9.23. The van der Waals surface area contributed by atoms with Crippen LogP contribution in [0.4, 0.5) is 0 Å². The van der Waals surface area contributed by atoms with E-state index < -0.39 is 11.9 Å². The Kier molecular flexibility index (Phi) is 2.50. The molecule has 0 amide bonds. The molecule has 0 bridgehead atoms. The number of ketones is 1. The first-order valence-corrected chi connectivity index (χ1v) is 4.30. The largest absolute Gasteiger partial charge is 0.481 e. The van der Waals surface area contributed by atoms with Gasteiger partial charge in [0.1, 0.15) is 5.78 Å². The van der Waals surface area contributed by atoms with Crippen molar-refractivity contribution in [3.63, 3.8) is 0 Å². The van der Waals surface area contributed by atoms with Crippen LogP contribution in [0, 0.1) is 17.8 Å². The van der Waals surface area contributed by atoms with Gasteiger partial charge in [0, 0.05) is 11.8 Å². The highest BCUT2D eigenvalue weighted by Crippen LogP contribution is 2.34. The Bertz CT molecular complexity index is 206. The van der Waals surface area contributed by atoms with Gasteiger partial charge in [0.15, 0.2) is 0 Å². The molecular weight excluding hydrogens is 156 g/mol. The molecule has 0 aromatic rings. The van der Waals surface area contributed by atoms with Crippen LogP contribution < -0.4 is 0 Å². The van der Waals surface area contributed by atoms with E-state index >= 15 is 0 Å². The van der Waals surface area contributed by atoms with Gasteiger partial charge in [-0.05, 0) is 12.8 Å². The lowest BCUT2D eigenvalue weighted by Gasteiger charge is -2.13. The van der Waals surface area contributed by atoms with Gasteiger partial charge in [-0.15, -0.1) is 0 Å². The fourth-order valence-electron chi connectivity index (χ4n) is 1.20. The second kappa shape index (κ2) is 3.25. The standard InChI is InChI=1S/C9H14O3/c1-5(6(2)9(11)12)8(10)7-3-4-7/h5-7H,3-4H2,1-2H3,(H,11,12). The Hall–Kier alpha value is -0.860. The van der Waals surface area contributed by atoms with Crippen LogP contribution in [0.5, 0.6) is 0 Å². The third kappa shape index (κ3) is 1.84. The van der Waals surface area contributed by atoms with Gasteiger partial charge in [-0.25, -0.2) is 0 Å². The van der Waals surface area contributed by atoms with Gasteiger partial charge < -0.3 is 5.11 Å². The van der Waals surface area contributed by atoms with Crippen LogP contribution in [0.2, 0.25) is 0 Å². The van der Waals surface area contributed by atoms with Gasteiger partial charge in [0.25, 0.3) is 0 Å². The number of carboxylic acid groups (broad SMARTS) is 1. The van der Waals surface area contributed by atoms with E-state index in [2.05, 4.69) is 0 Å². The van der Waals surface area contributed by atoms with Crippen molar-refractivity contribution in [3.8, 4) is 0 Å². The Balaban J connectivity index is 2.50. The quantitative estimate of drug-likeness (QED) is 0.692. The van der Waals surface area contributed by atoms with Gasteiger partial charge in [0.2, 0.25) is 0 Å². The number of carboxylic acids is 1. The molecule has 2 unspecified atom stereocenters. The molecule has 3 nitrogen and oxygen atoms in total. The van der Waals surface area contributed by atoms with Crippen LogP contribution in [0.15, 0.2) is 0 Å². The Labute approximate surface area is 71.8 Å². The predicted octanol–water partition coefficient (Wildman–Crippen LogP) is 1.32. The third-order valence-corrected chi connectivity index (χ3v) is 2.57. The Morgan fingerprint density at radius 2 is 1.75 bits per heavy atom. The fraction of sp³-hybridized carbons (Fsp3) is 0.778. The van der Waals surface area contributed by atoms with Crippen molar-refractivity contribution < 1.29 is 14.7 Å². The number of hydrogen-bond acceptors (Lipinski definition) is 2. The van der Waals surface area contributed by atoms with Crippen molar-refractivity contribution in [2.45, 2.75) is 26.7 Å². The zero-order valence-corrected chi connectivity index (χ0v) is 7.41. The molecule has 1 aliphatic carbocycles. The summed E-state index contributed by atoms with van der Waals surface area (Å²) in [6.07, 6.45) is 1.91. The van der Waals surface area contributed by atoms with Crippen molar-refractivity contribution in [2.75, 3.05) is 0 Å². The van der Waals surface area contributed by atoms with Crippen molar-refractivity contribution in [2.24, 2.45) is 17.8 Å². The lowest BCUT2D eigenvalue weighted by atomic mass is 9.90. The lowest BCUT2D eigenvalue weighted by molar-refractivity contribution is -0.145. The molecule has 1 rings (SSSR count). The van der Waals surface area contributed by atoms with E-state index in [1.54, 1.807) is 13.8 Å². The molecule has 1 aliphatic rings. The van der Waals surface area contributed by atoms with Gasteiger partial charge in [-0.3, -0.25) is 9.59 Å². The average molecular weight is 170 g/mol. The van der Waals surface area contributed by atoms with E-state index in [4.69, 9.17) is 5.11 Å². The lowest BCUT2D eigenvalue weighted by Crippen LogP contribution is -2.26. The highest BCUT2D eigenvalue weighted by molar-refractivity contribution is 5.88. The normalized spacial score (nSPS) is 21.5. The molecule has 0 aliphatic heterocycles. The minimum atomic E-state index is -0.878. The minimum Gasteiger partial charge on any atom is -0.481 e. The van der Waals surface area contributed by atoms with Crippen molar-refractivity contribution in [3.05, 3.63) is 0 Å². The molecule has 0 spiro atoms. The highest BCUT2D eigenvalue weighted by Gasteiger charge is 2.36. The van der Waals surface area contributed by atoms with Gasteiger partial charge in [-0.1, -0.05) is 13.8 Å². The van der Waals surface area contributed by atoms with E-state index in [1.807, 2.05) is 0 Å². The number of rotatable bonds is 4. The summed E-state index contributed by atoms with van der Waals surface area (Å²) in [6.45, 7) is 3.30. The van der Waals surface area contributed by atoms with Crippen LogP contribution >= 0.6 is 0 Å². The monoisotopic (exact) mass is 170 g/mol. The fourth-order valence-corrected chi connectivity index (χ4v) is 1.20. The molecule has 0 radical (unpaired) electrons. The molecule has 0 heterocycles. The van der Waals surface area contributed by atoms with Crippen LogP contribution in [0.3, 0.4) is 0 Å². The smallest absolute Gasteiger partial charge is 0.306 e. The maximum atomic E-state index is 11.4. The zero-order valence-electron chi connectivity index (χ0n) is 7.41. The number of carbonyl (C=O) groups is 2. The highest BCUT2D eigenvalue weighted by atomic mass is 16.4. The van der Waals surface area contributed by atoms with Crippen molar-refractivity contribution in [1.82, 2.24) is 0 Å². The molecule has 1 saturated carbocycles. The summed E-state index contributed by atoms with van der Waals surface area (Å²) in [4.78, 5) is 21.9. The molecule has 1 N–H and O–H groups in total. The minimum absolute atomic E-state index is 0.130. The maximum absolute atomic E-state index is 11.4. The first-order chi connectivity index (χ1) is 5.54. The van der Waals surface area contributed by atoms with Gasteiger partial charge in [-0.2, -0.15) is 0 Å². The van der Waals surface area contributed by atoms with Crippen LogP contribution in [0.1, 0.15) is 26.7 Å². The molecule has 0 aromatic carbocycles. The molecule has 68 valence electrons. The van der Waals surface area contributed by atoms with E-state index in [0.29, 0.717) is 0 Å². The molecule has 0 aromatic heterocycles. The summed E-state index contributed by atoms with van der Waals surface area (Å²) >= 11 is 0. The molecule has 3 heteroatoms. The second-order valence-electron chi connectivity index (χ2n) is 3.59. The Morgan fingerprint density at radius 1 is 1.25 bits per heavy atom. The second-order valence-corrected chi connectivity index (χ2v) is 3.59. The molecular formula is C9H14O3. The summed E-state index contributed by atoms with van der Waals surface area (Å²) < 4.78 is 0. The topological polar surface area (TPSA) is 54.4 Å². The van der Waals surface area contributed by atoms with Crippen LogP contribution in [-0.4, -0.2) is 16.9 Å². The first-order valence-electron chi connectivity index (χ1n) is 4.30. The zero-order chi connectivity index (χ0) is 9.30. The number of aliphatic carboxylic acids is 1. The molecule has 2 atom stereocenters. The summed E-state index contributed by atoms with van der Waals surface area (Å²) in [5, 5.41) is 8.65. The molecule has 1 fully saturated rings. The summed E-state index contributed by atoms with van der Waals surface area (Å²) in [7, 11) is 0.